The second-order valence-corrected chi connectivity index (χ2v) is 7.61. The highest BCUT2D eigenvalue weighted by Crippen LogP contribution is 2.27. The Labute approximate surface area is 160 Å². The first-order valence-electron chi connectivity index (χ1n) is 8.40. The highest BCUT2D eigenvalue weighted by Gasteiger charge is 2.14. The van der Waals surface area contributed by atoms with E-state index in [0.717, 1.165) is 34.5 Å². The van der Waals surface area contributed by atoms with Gasteiger partial charge in [0.05, 0.1) is 10.6 Å². The van der Waals surface area contributed by atoms with E-state index in [0.29, 0.717) is 11.6 Å². The molecule has 1 aromatic carbocycles. The third-order valence-corrected chi connectivity index (χ3v) is 5.81. The molecule has 4 rings (SSSR count). The Balaban J connectivity index is 1.45. The monoisotopic (exact) mass is 382 g/mol. The van der Waals surface area contributed by atoms with Gasteiger partial charge in [0, 0.05) is 18.7 Å². The van der Waals surface area contributed by atoms with Crippen LogP contribution >= 0.6 is 23.1 Å². The van der Waals surface area contributed by atoms with Crippen molar-refractivity contribution in [2.75, 3.05) is 0 Å². The van der Waals surface area contributed by atoms with Gasteiger partial charge < -0.3 is 8.98 Å². The van der Waals surface area contributed by atoms with Gasteiger partial charge in [-0.15, -0.1) is 21.5 Å². The van der Waals surface area contributed by atoms with Crippen LogP contribution in [0.25, 0.3) is 10.8 Å². The fourth-order valence-corrected chi connectivity index (χ4v) is 4.23. The van der Waals surface area contributed by atoms with E-state index in [9.17, 15) is 0 Å². The van der Waals surface area contributed by atoms with Crippen molar-refractivity contribution in [1.29, 1.82) is 0 Å². The molecule has 132 valence electrons. The maximum atomic E-state index is 5.58. The first-order valence-corrected chi connectivity index (χ1v) is 10.3. The van der Waals surface area contributed by atoms with Crippen LogP contribution in [-0.4, -0.2) is 19.7 Å². The Kier molecular flexibility index (Phi) is 5.17. The largest absolute Gasteiger partial charge is 0.444 e. The van der Waals surface area contributed by atoms with Gasteiger partial charge in [0.25, 0.3) is 0 Å². The molecule has 0 aliphatic heterocycles. The average Bonchev–Trinajstić information content (AvgIpc) is 3.41. The predicted octanol–water partition coefficient (Wildman–Crippen LogP) is 4.90. The minimum Gasteiger partial charge on any atom is -0.444 e. The van der Waals surface area contributed by atoms with Crippen molar-refractivity contribution < 1.29 is 4.42 Å². The lowest BCUT2D eigenvalue weighted by molar-refractivity contribution is 0.575. The number of nitrogens with zero attached hydrogens (tertiary/aromatic N) is 4. The maximum absolute atomic E-state index is 5.58. The number of oxazole rings is 1. The number of hydrogen-bond donors (Lipinski definition) is 0. The lowest BCUT2D eigenvalue weighted by Gasteiger charge is -2.06. The molecular formula is C19H18N4OS2. The van der Waals surface area contributed by atoms with E-state index in [1.54, 1.807) is 29.4 Å². The normalized spacial score (nSPS) is 11.1. The van der Waals surface area contributed by atoms with E-state index in [2.05, 4.69) is 38.8 Å². The zero-order valence-electron chi connectivity index (χ0n) is 14.3. The summed E-state index contributed by atoms with van der Waals surface area (Å²) >= 11 is 3.26. The molecule has 0 unspecified atom stereocenters. The van der Waals surface area contributed by atoms with Gasteiger partial charge in [0.2, 0.25) is 5.89 Å². The van der Waals surface area contributed by atoms with Gasteiger partial charge in [0.15, 0.2) is 5.16 Å². The third kappa shape index (κ3) is 3.73. The van der Waals surface area contributed by atoms with Crippen molar-refractivity contribution in [2.45, 2.75) is 30.8 Å². The van der Waals surface area contributed by atoms with Gasteiger partial charge in [0.1, 0.15) is 12.1 Å². The molecule has 0 spiro atoms. The van der Waals surface area contributed by atoms with Crippen LogP contribution in [0.15, 0.2) is 63.7 Å². The number of benzene rings is 1. The molecule has 0 aliphatic carbocycles. The fraction of sp³-hybridized carbons (Fsp3) is 0.211. The zero-order chi connectivity index (χ0) is 17.8. The minimum absolute atomic E-state index is 0.678. The van der Waals surface area contributed by atoms with Gasteiger partial charge >= 0.3 is 0 Å². The lowest BCUT2D eigenvalue weighted by Crippen LogP contribution is -2.04. The first-order chi connectivity index (χ1) is 12.8. The molecule has 0 fully saturated rings. The molecule has 5 nitrogen and oxygen atoms in total. The van der Waals surface area contributed by atoms with Crippen LogP contribution in [0, 0.1) is 0 Å². The molecule has 3 aromatic heterocycles. The van der Waals surface area contributed by atoms with E-state index < -0.39 is 0 Å². The predicted molar refractivity (Wildman–Crippen MR) is 104 cm³/mol. The summed E-state index contributed by atoms with van der Waals surface area (Å²) in [5.41, 5.74) is 2.15. The van der Waals surface area contributed by atoms with Crippen LogP contribution in [0.5, 0.6) is 0 Å². The topological polar surface area (TPSA) is 56.7 Å². The second-order valence-electron chi connectivity index (χ2n) is 5.72. The number of aromatic nitrogens is 4. The van der Waals surface area contributed by atoms with E-state index >= 15 is 0 Å². The summed E-state index contributed by atoms with van der Waals surface area (Å²) < 4.78 is 7.75. The van der Waals surface area contributed by atoms with Crippen molar-refractivity contribution in [3.8, 4) is 10.8 Å². The Morgan fingerprint density at radius 3 is 2.77 bits per heavy atom. The zero-order valence-corrected chi connectivity index (χ0v) is 16.0. The Morgan fingerprint density at radius 2 is 2.00 bits per heavy atom. The summed E-state index contributed by atoms with van der Waals surface area (Å²) in [6.45, 7) is 2.96. The van der Waals surface area contributed by atoms with E-state index in [1.165, 1.54) is 5.56 Å². The quantitative estimate of drug-likeness (QED) is 0.426. The third-order valence-electron chi connectivity index (χ3n) is 3.95. The van der Waals surface area contributed by atoms with Gasteiger partial charge in [-0.05, 0) is 23.9 Å². The maximum Gasteiger partial charge on any atom is 0.236 e. The lowest BCUT2D eigenvalue weighted by atomic mass is 10.1. The van der Waals surface area contributed by atoms with Gasteiger partial charge in [-0.3, -0.25) is 0 Å². The molecule has 0 atom stereocenters. The molecule has 3 heterocycles. The highest BCUT2D eigenvalue weighted by molar-refractivity contribution is 7.98. The number of hydrogen-bond acceptors (Lipinski definition) is 6. The van der Waals surface area contributed by atoms with Gasteiger partial charge in [-0.25, -0.2) is 4.98 Å². The molecule has 0 amide bonds. The Hall–Kier alpha value is -2.38. The van der Waals surface area contributed by atoms with E-state index in [-0.39, 0.29) is 0 Å². The van der Waals surface area contributed by atoms with Crippen LogP contribution in [0.2, 0.25) is 0 Å². The van der Waals surface area contributed by atoms with Crippen molar-refractivity contribution in [1.82, 2.24) is 19.7 Å². The summed E-state index contributed by atoms with van der Waals surface area (Å²) in [7, 11) is 0. The van der Waals surface area contributed by atoms with E-state index in [1.807, 2.05) is 35.7 Å². The summed E-state index contributed by atoms with van der Waals surface area (Å²) in [5, 5.41) is 11.7. The van der Waals surface area contributed by atoms with Gasteiger partial charge in [-0.2, -0.15) is 0 Å². The van der Waals surface area contributed by atoms with Crippen molar-refractivity contribution in [3.63, 3.8) is 0 Å². The number of thioether (sulfide) groups is 1. The molecule has 4 aromatic rings. The summed E-state index contributed by atoms with van der Waals surface area (Å²) in [4.78, 5) is 5.61. The minimum atomic E-state index is 0.678. The van der Waals surface area contributed by atoms with Crippen molar-refractivity contribution in [3.05, 3.63) is 71.2 Å². The molecule has 0 saturated carbocycles. The smallest absolute Gasteiger partial charge is 0.236 e. The molecule has 0 bridgehead atoms. The number of thiophene rings is 1. The van der Waals surface area contributed by atoms with Crippen LogP contribution in [0.4, 0.5) is 0 Å². The Bertz CT molecular complexity index is 961. The average molecular weight is 383 g/mol. The number of rotatable bonds is 7. The fourth-order valence-electron chi connectivity index (χ4n) is 2.68. The summed E-state index contributed by atoms with van der Waals surface area (Å²) in [6.07, 6.45) is 2.51. The first kappa shape index (κ1) is 17.1. The van der Waals surface area contributed by atoms with Gasteiger partial charge in [-0.1, -0.05) is 48.2 Å². The molecular weight excluding hydrogens is 364 g/mol. The van der Waals surface area contributed by atoms with E-state index in [4.69, 9.17) is 4.42 Å². The molecule has 26 heavy (non-hydrogen) atoms. The highest BCUT2D eigenvalue weighted by atomic mass is 32.2. The standard InChI is InChI=1S/C19H18N4OS2/c1-2-23-17(11-14-7-4-3-5-8-14)21-22-19(23)26-13-15-12-24-18(20-15)16-9-6-10-25-16/h3-10,12H,2,11,13H2,1H3. The van der Waals surface area contributed by atoms with Crippen LogP contribution in [0.3, 0.4) is 0 Å². The van der Waals surface area contributed by atoms with Crippen LogP contribution in [0.1, 0.15) is 24.0 Å². The molecule has 0 aliphatic rings. The molecule has 0 N–H and O–H groups in total. The van der Waals surface area contributed by atoms with Crippen LogP contribution < -0.4 is 0 Å². The second kappa shape index (κ2) is 7.88. The molecule has 7 heteroatoms. The summed E-state index contributed by atoms with van der Waals surface area (Å²) in [5.74, 6) is 2.37. The van der Waals surface area contributed by atoms with Crippen molar-refractivity contribution in [2.24, 2.45) is 0 Å². The molecule has 0 radical (unpaired) electrons. The SMILES string of the molecule is CCn1c(Cc2ccccc2)nnc1SCc1coc(-c2cccs2)n1. The molecule has 0 saturated heterocycles. The van der Waals surface area contributed by atoms with Crippen molar-refractivity contribution >= 4 is 23.1 Å². The summed E-state index contributed by atoms with van der Waals surface area (Å²) in [6, 6.07) is 14.4. The Morgan fingerprint density at radius 1 is 1.12 bits per heavy atom. The van der Waals surface area contributed by atoms with Crippen LogP contribution in [-0.2, 0) is 18.7 Å².